The first kappa shape index (κ1) is 84.8. The maximum atomic E-state index is 16.1. The summed E-state index contributed by atoms with van der Waals surface area (Å²) in [6, 6.07) is -11.5. The molecule has 0 aliphatic carbocycles. The lowest BCUT2D eigenvalue weighted by Crippen LogP contribution is -2.70. The third-order valence-electron chi connectivity index (χ3n) is 17.5. The summed E-state index contributed by atoms with van der Waals surface area (Å²) in [6.45, 7) is 33.9. The molecule has 1 fully saturated rings. The largest absolute Gasteiger partial charge is 0.390 e. The van der Waals surface area contributed by atoms with Crippen molar-refractivity contribution in [2.45, 2.75) is 236 Å². The topological polar surface area (TPSA) is 300 Å². The third-order valence-corrected chi connectivity index (χ3v) is 17.5. The summed E-state index contributed by atoms with van der Waals surface area (Å²) < 4.78 is 6.76. The zero-order valence-corrected chi connectivity index (χ0v) is 61.6. The number of ether oxygens (including phenoxy) is 1. The zero-order chi connectivity index (χ0) is 72.0. The Kier molecular flexibility index (Phi) is 35.5. The second-order valence-corrected chi connectivity index (χ2v) is 28.6. The van der Waals surface area contributed by atoms with Gasteiger partial charge in [-0.2, -0.15) is 0 Å². The van der Waals surface area contributed by atoms with Crippen LogP contribution in [0.5, 0.6) is 0 Å². The number of nitrogens with zero attached hydrogens (tertiary/aromatic N) is 7. The number of aliphatic hydroxyl groups is 1. The molecule has 12 atom stereocenters. The summed E-state index contributed by atoms with van der Waals surface area (Å²) >= 11 is 0. The molecule has 1 aliphatic heterocycles. The van der Waals surface area contributed by atoms with Crippen LogP contribution in [0, 0.1) is 47.3 Å². The van der Waals surface area contributed by atoms with Gasteiger partial charge in [0.25, 0.3) is 5.91 Å². The predicted molar refractivity (Wildman–Crippen MR) is 361 cm³/mol. The molecule has 0 radical (unpaired) electrons. The lowest BCUT2D eigenvalue weighted by atomic mass is 9.89. The van der Waals surface area contributed by atoms with Gasteiger partial charge in [0, 0.05) is 61.8 Å². The Bertz CT molecular complexity index is 2520. The average Bonchev–Trinajstić information content (AvgIpc) is 0.761. The number of nitrogens with one attached hydrogen (secondary N) is 5. The van der Waals surface area contributed by atoms with Gasteiger partial charge >= 0.3 is 0 Å². The first-order valence-electron chi connectivity index (χ1n) is 33.7. The molecule has 0 aromatic rings. The highest BCUT2D eigenvalue weighted by Crippen LogP contribution is 2.33. The quantitative estimate of drug-likeness (QED) is 0.0703. The fraction of sp³-hybridized carbons (Fsp3) is 0.809. The molecule has 6 N–H and O–H groups in total. The van der Waals surface area contributed by atoms with Gasteiger partial charge in [-0.15, -0.1) is 0 Å². The van der Waals surface area contributed by atoms with Crippen LogP contribution in [-0.2, 0) is 57.5 Å². The van der Waals surface area contributed by atoms with Crippen LogP contribution in [-0.4, -0.2) is 246 Å². The fourth-order valence-corrected chi connectivity index (χ4v) is 11.6. The minimum absolute atomic E-state index is 0.0111. The molecule has 25 nitrogen and oxygen atoms in total. The smallest absolute Gasteiger partial charge is 0.276 e. The lowest BCUT2D eigenvalue weighted by Gasteiger charge is -2.48. The van der Waals surface area contributed by atoms with E-state index in [2.05, 4.69) is 26.6 Å². The van der Waals surface area contributed by atoms with E-state index in [-0.39, 0.29) is 81.3 Å². The van der Waals surface area contributed by atoms with E-state index in [4.69, 9.17) is 4.74 Å². The Hall–Kier alpha value is -6.21. The van der Waals surface area contributed by atoms with Crippen LogP contribution in [0.25, 0.3) is 0 Å². The van der Waals surface area contributed by atoms with Gasteiger partial charge in [0.15, 0.2) is 0 Å². The Labute approximate surface area is 557 Å². The molecule has 93 heavy (non-hydrogen) atoms. The van der Waals surface area contributed by atoms with E-state index in [1.54, 1.807) is 60.6 Å². The molecule has 1 heterocycles. The Morgan fingerprint density at radius 3 is 1.48 bits per heavy atom. The van der Waals surface area contributed by atoms with Crippen molar-refractivity contribution in [1.82, 2.24) is 60.9 Å². The maximum Gasteiger partial charge on any atom is 0.276 e. The molecule has 25 heteroatoms. The summed E-state index contributed by atoms with van der Waals surface area (Å²) in [4.78, 5) is 172. The number of amides is 11. The van der Waals surface area contributed by atoms with Crippen LogP contribution in [0.3, 0.4) is 0 Å². The number of hydrogen-bond acceptors (Lipinski definition) is 14. The standard InChI is InChI=1S/C68H124N12O13/c1-27-29-30-46(17)57(82)56-61(86)72-49(28-2)63(88)74(20)38-54(81)75(21)50(33-39(3)4)60(85)73-55(44(13)14)66(91)76(22)51(34-40(5)6)59(84)70-47(18)58(83)71-48(19)62(87)77(23)52(35-41(7)8)64(89)78(24)53(36-42(9)10)65(90)80(26)68(45(15)16,67(92)79(56)25)93-32-31-69-37-43(11)12/h27,29,39-53,55-57,69,82H,28,30-38H2,1-26H3,(H,70,84)(H,71,83)(H,72,86)(H,73,85)/b29-27+/t46-,47+,48-,49+,50+,51+,52+,53+,55+,56+,57-,68+/m1/s1. The molecular formula is C68H124N12O13. The first-order chi connectivity index (χ1) is 43.0. The summed E-state index contributed by atoms with van der Waals surface area (Å²) in [7, 11) is 9.83. The number of aliphatic hydroxyl groups excluding tert-OH is 1. The van der Waals surface area contributed by atoms with Crippen LogP contribution in [0.4, 0.5) is 0 Å². The highest BCUT2D eigenvalue weighted by Gasteiger charge is 2.55. The highest BCUT2D eigenvalue weighted by molar-refractivity contribution is 6.00. The first-order valence-corrected chi connectivity index (χ1v) is 33.7. The predicted octanol–water partition coefficient (Wildman–Crippen LogP) is 3.86. The summed E-state index contributed by atoms with van der Waals surface area (Å²) in [5.41, 5.74) is -2.24. The summed E-state index contributed by atoms with van der Waals surface area (Å²) in [5, 5.41) is 26.8. The molecule has 11 amide bonds. The number of carbonyl (C=O) groups excluding carboxylic acids is 11. The van der Waals surface area contributed by atoms with E-state index < -0.39 is 155 Å². The van der Waals surface area contributed by atoms with Crippen molar-refractivity contribution in [3.05, 3.63) is 12.2 Å². The molecule has 1 saturated heterocycles. The van der Waals surface area contributed by atoms with E-state index in [0.29, 0.717) is 6.54 Å². The van der Waals surface area contributed by atoms with Gasteiger partial charge in [-0.05, 0) is 107 Å². The number of likely N-dealkylation sites (N-methyl/N-ethyl adjacent to an activating group) is 7. The third kappa shape index (κ3) is 23.9. The van der Waals surface area contributed by atoms with Crippen LogP contribution >= 0.6 is 0 Å². The van der Waals surface area contributed by atoms with Crippen molar-refractivity contribution in [3.8, 4) is 0 Å². The lowest BCUT2D eigenvalue weighted by molar-refractivity contribution is -0.208. The summed E-state index contributed by atoms with van der Waals surface area (Å²) in [5.74, 6) is -10.5. The van der Waals surface area contributed by atoms with E-state index in [0.717, 1.165) is 14.7 Å². The number of hydrogen-bond donors (Lipinski definition) is 6. The van der Waals surface area contributed by atoms with Crippen LogP contribution in [0.1, 0.15) is 170 Å². The molecule has 1 aliphatic rings. The average molecular weight is 1320 g/mol. The van der Waals surface area contributed by atoms with Crippen LogP contribution < -0.4 is 26.6 Å². The highest BCUT2D eigenvalue weighted by atomic mass is 16.5. The minimum atomic E-state index is -2.24. The molecule has 1 rings (SSSR count). The van der Waals surface area contributed by atoms with Gasteiger partial charge in [0.2, 0.25) is 64.8 Å². The molecular weight excluding hydrogens is 1190 g/mol. The molecule has 534 valence electrons. The van der Waals surface area contributed by atoms with Gasteiger partial charge in [0.1, 0.15) is 54.4 Å². The number of allylic oxidation sites excluding steroid dienone is 2. The molecule has 0 spiro atoms. The normalized spacial score (nSPS) is 26.5. The van der Waals surface area contributed by atoms with Crippen molar-refractivity contribution in [3.63, 3.8) is 0 Å². The fourth-order valence-electron chi connectivity index (χ4n) is 11.6. The van der Waals surface area contributed by atoms with E-state index in [1.807, 2.05) is 69.2 Å². The van der Waals surface area contributed by atoms with Crippen molar-refractivity contribution in [2.24, 2.45) is 47.3 Å². The van der Waals surface area contributed by atoms with Crippen LogP contribution in [0.2, 0.25) is 0 Å². The zero-order valence-electron chi connectivity index (χ0n) is 61.6. The van der Waals surface area contributed by atoms with Crippen LogP contribution in [0.15, 0.2) is 12.2 Å². The molecule has 0 aromatic carbocycles. The van der Waals surface area contributed by atoms with Gasteiger partial charge in [0.05, 0.1) is 19.3 Å². The second kappa shape index (κ2) is 39.0. The molecule has 0 unspecified atom stereocenters. The van der Waals surface area contributed by atoms with Crippen molar-refractivity contribution in [1.29, 1.82) is 0 Å². The molecule has 0 aromatic heterocycles. The van der Waals surface area contributed by atoms with Crippen molar-refractivity contribution in [2.75, 3.05) is 75.6 Å². The van der Waals surface area contributed by atoms with E-state index >= 15 is 19.2 Å². The van der Waals surface area contributed by atoms with Crippen molar-refractivity contribution >= 4 is 65.0 Å². The Morgan fingerprint density at radius 2 is 1.01 bits per heavy atom. The van der Waals surface area contributed by atoms with E-state index in [9.17, 15) is 38.7 Å². The van der Waals surface area contributed by atoms with Gasteiger partial charge < -0.3 is 70.7 Å². The number of carbonyl (C=O) groups is 11. The second-order valence-electron chi connectivity index (χ2n) is 28.6. The number of rotatable bonds is 21. The van der Waals surface area contributed by atoms with Gasteiger partial charge in [-0.25, -0.2) is 0 Å². The Balaban J connectivity index is 4.58. The SMILES string of the molecule is C/C=C/C[C@@H](C)[C@@H](O)[C@H]1C(=O)N[C@@H](CC)C(=O)N(C)CC(=O)N(C)[C@@H](CC(C)C)C(=O)N[C@@H](C(C)C)C(=O)N(C)[C@@H](CC(C)C)C(=O)N[C@@H](C)C(=O)N[C@H](C)C(=O)N(C)[C@@H](CC(C)C)C(=O)N(C)[C@@H](CC(C)C)C(=O)N(C)[C@](OCCNCC(C)C)(C(C)C)C(=O)N1C. The van der Waals surface area contributed by atoms with Crippen molar-refractivity contribution < 1.29 is 62.6 Å². The van der Waals surface area contributed by atoms with E-state index in [1.165, 1.54) is 82.8 Å². The Morgan fingerprint density at radius 1 is 0.548 bits per heavy atom. The monoisotopic (exact) mass is 1320 g/mol. The maximum absolute atomic E-state index is 16.1. The van der Waals surface area contributed by atoms with Gasteiger partial charge in [-0.1, -0.05) is 123 Å². The minimum Gasteiger partial charge on any atom is -0.390 e. The van der Waals surface area contributed by atoms with Gasteiger partial charge in [-0.3, -0.25) is 52.7 Å². The molecule has 0 bridgehead atoms. The molecule has 0 saturated carbocycles. The summed E-state index contributed by atoms with van der Waals surface area (Å²) in [6.07, 6.45) is 2.74.